The number of thioether (sulfide) groups is 1. The minimum atomic E-state index is -0.685. The van der Waals surface area contributed by atoms with Crippen LogP contribution >= 0.6 is 11.8 Å². The number of benzene rings is 1. The Hall–Kier alpha value is -2.06. The first-order chi connectivity index (χ1) is 16.8. The van der Waals surface area contributed by atoms with Crippen molar-refractivity contribution in [3.8, 4) is 0 Å². The highest BCUT2D eigenvalue weighted by molar-refractivity contribution is 8.02. The Morgan fingerprint density at radius 3 is 2.54 bits per heavy atom. The summed E-state index contributed by atoms with van der Waals surface area (Å²) in [6, 6.07) is 8.16. The Morgan fingerprint density at radius 2 is 1.91 bits per heavy atom. The number of anilines is 1. The predicted molar refractivity (Wildman–Crippen MR) is 139 cm³/mol. The first kappa shape index (κ1) is 26.0. The van der Waals surface area contributed by atoms with Crippen molar-refractivity contribution < 1.29 is 19.5 Å². The zero-order chi connectivity index (χ0) is 25.3. The fourth-order valence-corrected chi connectivity index (χ4v) is 8.64. The zero-order valence-corrected chi connectivity index (χ0v) is 22.0. The number of fused-ring (bicyclic) bond motifs is 1. The molecule has 192 valence electrons. The zero-order valence-electron chi connectivity index (χ0n) is 21.2. The third kappa shape index (κ3) is 4.48. The van der Waals surface area contributed by atoms with Gasteiger partial charge in [-0.3, -0.25) is 14.4 Å². The molecule has 8 atom stereocenters. The number of hydrogen-bond donors (Lipinski definition) is 3. The Morgan fingerprint density at radius 1 is 1.20 bits per heavy atom. The molecule has 1 aromatic rings. The van der Waals surface area contributed by atoms with E-state index in [-0.39, 0.29) is 41.5 Å². The highest BCUT2D eigenvalue weighted by Gasteiger charge is 2.74. The van der Waals surface area contributed by atoms with Crippen LogP contribution in [0, 0.1) is 17.8 Å². The summed E-state index contributed by atoms with van der Waals surface area (Å²) in [7, 11) is 0. The van der Waals surface area contributed by atoms with Gasteiger partial charge in [-0.1, -0.05) is 51.8 Å². The van der Waals surface area contributed by atoms with E-state index in [2.05, 4.69) is 17.6 Å². The molecule has 0 saturated carbocycles. The molecule has 2 bridgehead atoms. The van der Waals surface area contributed by atoms with Gasteiger partial charge in [-0.15, -0.1) is 11.8 Å². The average molecular weight is 502 g/mol. The Bertz CT molecular complexity index is 944. The van der Waals surface area contributed by atoms with Gasteiger partial charge in [0, 0.05) is 17.0 Å². The monoisotopic (exact) mass is 501 g/mol. The van der Waals surface area contributed by atoms with E-state index in [1.165, 1.54) is 0 Å². The van der Waals surface area contributed by atoms with E-state index in [0.717, 1.165) is 32.1 Å². The number of nitrogens with zero attached hydrogens (tertiary/aromatic N) is 1. The molecule has 8 heteroatoms. The number of aliphatic hydroxyl groups is 1. The van der Waals surface area contributed by atoms with Crippen molar-refractivity contribution in [3.63, 3.8) is 0 Å². The Balaban J connectivity index is 1.70. The number of para-hydroxylation sites is 1. The molecule has 0 aliphatic carbocycles. The third-order valence-corrected chi connectivity index (χ3v) is 10.2. The van der Waals surface area contributed by atoms with Gasteiger partial charge in [-0.2, -0.15) is 0 Å². The van der Waals surface area contributed by atoms with E-state index >= 15 is 0 Å². The van der Waals surface area contributed by atoms with Crippen LogP contribution < -0.4 is 10.6 Å². The summed E-state index contributed by atoms with van der Waals surface area (Å²) in [4.78, 5) is 43.1. The SMILES string of the molecule is CCCC(C)NC(=O)C1N([C@@H](CO)[C@@H](C)CC)C(=O)[C@@H]2[C@H](C(=O)Nc3ccccc3)[C@@H]3CCC12S3. The van der Waals surface area contributed by atoms with Crippen LogP contribution in [0.15, 0.2) is 30.3 Å². The van der Waals surface area contributed by atoms with Gasteiger partial charge in [-0.05, 0) is 44.2 Å². The quantitative estimate of drug-likeness (QED) is 0.456. The average Bonchev–Trinajstić information content (AvgIpc) is 3.48. The maximum Gasteiger partial charge on any atom is 0.244 e. The summed E-state index contributed by atoms with van der Waals surface area (Å²) in [6.45, 7) is 7.91. The smallest absolute Gasteiger partial charge is 0.244 e. The van der Waals surface area contributed by atoms with E-state index in [1.807, 2.05) is 51.1 Å². The molecular weight excluding hydrogens is 462 g/mol. The van der Waals surface area contributed by atoms with Gasteiger partial charge in [0.15, 0.2) is 0 Å². The van der Waals surface area contributed by atoms with E-state index in [1.54, 1.807) is 16.7 Å². The summed E-state index contributed by atoms with van der Waals surface area (Å²) in [5.74, 6) is -1.49. The number of aliphatic hydroxyl groups excluding tert-OH is 1. The number of likely N-dealkylation sites (tertiary alicyclic amines) is 1. The second-order valence-electron chi connectivity index (χ2n) is 10.5. The lowest BCUT2D eigenvalue weighted by Gasteiger charge is -2.39. The molecule has 1 spiro atoms. The van der Waals surface area contributed by atoms with Gasteiger partial charge in [0.1, 0.15) is 6.04 Å². The summed E-state index contributed by atoms with van der Waals surface area (Å²) in [5, 5.41) is 16.5. The molecule has 3 amide bonds. The molecule has 35 heavy (non-hydrogen) atoms. The largest absolute Gasteiger partial charge is 0.394 e. The number of carbonyl (C=O) groups is 3. The Labute approximate surface area is 212 Å². The van der Waals surface area contributed by atoms with Crippen LogP contribution in [0.25, 0.3) is 0 Å². The van der Waals surface area contributed by atoms with Gasteiger partial charge in [0.05, 0.1) is 29.2 Å². The molecule has 4 rings (SSSR count). The predicted octanol–water partition coefficient (Wildman–Crippen LogP) is 3.43. The maximum atomic E-state index is 14.1. The van der Waals surface area contributed by atoms with Crippen LogP contribution in [0.1, 0.15) is 59.8 Å². The van der Waals surface area contributed by atoms with Gasteiger partial charge in [-0.25, -0.2) is 0 Å². The first-order valence-electron chi connectivity index (χ1n) is 13.1. The normalized spacial score (nSPS) is 31.7. The third-order valence-electron chi connectivity index (χ3n) is 8.29. The van der Waals surface area contributed by atoms with E-state index in [9.17, 15) is 19.5 Å². The molecule has 3 heterocycles. The van der Waals surface area contributed by atoms with Crippen LogP contribution in [0.5, 0.6) is 0 Å². The highest BCUT2D eigenvalue weighted by atomic mass is 32.2. The second-order valence-corrected chi connectivity index (χ2v) is 12.1. The first-order valence-corrected chi connectivity index (χ1v) is 13.9. The molecule has 7 nitrogen and oxygen atoms in total. The Kier molecular flexibility index (Phi) is 7.81. The van der Waals surface area contributed by atoms with Crippen LogP contribution in [-0.2, 0) is 14.4 Å². The maximum absolute atomic E-state index is 14.1. The van der Waals surface area contributed by atoms with Crippen molar-refractivity contribution in [2.24, 2.45) is 17.8 Å². The number of rotatable bonds is 10. The van der Waals surface area contributed by atoms with E-state index in [0.29, 0.717) is 5.69 Å². The fraction of sp³-hybridized carbons (Fsp3) is 0.667. The van der Waals surface area contributed by atoms with Crippen LogP contribution in [0.3, 0.4) is 0 Å². The minimum absolute atomic E-state index is 0.00291. The van der Waals surface area contributed by atoms with E-state index < -0.39 is 28.7 Å². The summed E-state index contributed by atoms with van der Waals surface area (Å²) in [5.41, 5.74) is 0.706. The summed E-state index contributed by atoms with van der Waals surface area (Å²) < 4.78 is -0.642. The number of carbonyl (C=O) groups excluding carboxylic acids is 3. The topological polar surface area (TPSA) is 98.7 Å². The van der Waals surface area contributed by atoms with Crippen molar-refractivity contribution in [2.75, 3.05) is 11.9 Å². The second kappa shape index (κ2) is 10.5. The van der Waals surface area contributed by atoms with Gasteiger partial charge in [0.25, 0.3) is 0 Å². The lowest BCUT2D eigenvalue weighted by molar-refractivity contribution is -0.143. The van der Waals surface area contributed by atoms with Crippen LogP contribution in [0.2, 0.25) is 0 Å². The van der Waals surface area contributed by atoms with Gasteiger partial charge < -0.3 is 20.6 Å². The molecule has 3 fully saturated rings. The number of hydrogen-bond acceptors (Lipinski definition) is 5. The molecule has 3 saturated heterocycles. The van der Waals surface area contributed by atoms with E-state index in [4.69, 9.17) is 0 Å². The summed E-state index contributed by atoms with van der Waals surface area (Å²) >= 11 is 1.66. The standard InChI is InChI=1S/C27H39N3O4S/c1-5-10-17(4)28-25(33)23-27-14-13-20(35-27)21(24(32)29-18-11-8-7-9-12-18)22(27)26(34)30(23)19(15-31)16(3)6-2/h7-9,11-12,16-17,19-23,31H,5-6,10,13-15H2,1-4H3,(H,28,33)(H,29,32)/t16-,17?,19-,20-,21+,22-,23?,27?/m0/s1. The van der Waals surface area contributed by atoms with Crippen molar-refractivity contribution in [1.29, 1.82) is 0 Å². The number of nitrogens with one attached hydrogen (secondary N) is 2. The molecule has 0 aromatic heterocycles. The van der Waals surface area contributed by atoms with Crippen molar-refractivity contribution in [1.82, 2.24) is 10.2 Å². The minimum Gasteiger partial charge on any atom is -0.394 e. The molecule has 3 aliphatic heterocycles. The summed E-state index contributed by atoms with van der Waals surface area (Å²) in [6.07, 6.45) is 4.11. The van der Waals surface area contributed by atoms with Crippen molar-refractivity contribution >= 4 is 35.2 Å². The molecule has 3 N–H and O–H groups in total. The number of amides is 3. The van der Waals surface area contributed by atoms with Crippen LogP contribution in [-0.4, -0.2) is 62.5 Å². The lowest BCUT2D eigenvalue weighted by atomic mass is 9.70. The molecule has 3 unspecified atom stereocenters. The molecular formula is C27H39N3O4S. The van der Waals surface area contributed by atoms with Crippen LogP contribution in [0.4, 0.5) is 5.69 Å². The fourth-order valence-electron chi connectivity index (χ4n) is 6.44. The van der Waals surface area contributed by atoms with Gasteiger partial charge in [0.2, 0.25) is 17.7 Å². The highest BCUT2D eigenvalue weighted by Crippen LogP contribution is 2.66. The molecule has 3 aliphatic rings. The molecule has 0 radical (unpaired) electrons. The van der Waals surface area contributed by atoms with Gasteiger partial charge >= 0.3 is 0 Å². The lowest BCUT2D eigenvalue weighted by Crippen LogP contribution is -2.58. The molecule has 1 aromatic carbocycles. The van der Waals surface area contributed by atoms with Crippen molar-refractivity contribution in [3.05, 3.63) is 30.3 Å². The van der Waals surface area contributed by atoms with Crippen molar-refractivity contribution in [2.45, 2.75) is 87.9 Å².